The summed E-state index contributed by atoms with van der Waals surface area (Å²) in [5, 5.41) is 0. The van der Waals surface area contributed by atoms with Gasteiger partial charge in [0.25, 0.3) is 5.56 Å². The lowest BCUT2D eigenvalue weighted by Crippen LogP contribution is -2.43. The zero-order chi connectivity index (χ0) is 24.1. The number of benzene rings is 1. The number of aliphatic imine (C=N–C) groups is 1. The van der Waals surface area contributed by atoms with Crippen molar-refractivity contribution in [2.24, 2.45) is 18.0 Å². The van der Waals surface area contributed by atoms with Crippen LogP contribution in [0.3, 0.4) is 0 Å². The smallest absolute Gasteiger partial charge is 0.338 e. The van der Waals surface area contributed by atoms with Crippen molar-refractivity contribution in [3.05, 3.63) is 61.8 Å². The number of carbonyl (C=O) groups is 2. The number of anilines is 1. The molecular formula is C22H26N4O5S2. The number of hydrogen-bond donors (Lipinski definition) is 1. The van der Waals surface area contributed by atoms with Crippen molar-refractivity contribution in [1.82, 2.24) is 9.13 Å². The average Bonchev–Trinajstić information content (AvgIpc) is 3.31. The van der Waals surface area contributed by atoms with Crippen LogP contribution < -0.4 is 17.0 Å². The van der Waals surface area contributed by atoms with Gasteiger partial charge in [0.2, 0.25) is 5.78 Å². The minimum atomic E-state index is -0.815. The molecule has 2 heterocycles. The standard InChI is InChI=1S/C22H26N4O5S2/c1-13(2)10-26-18(23)17(19(28)25(3)22(26)30)16(27)11-31-20(29)15-7-5-4-6-14(15)12-33-21-24-8-9-32-21/h4-7,13H,8-12,23H2,1-3H3. The number of nitrogens with zero attached hydrogens (tertiary/aromatic N) is 3. The minimum Gasteiger partial charge on any atom is -0.454 e. The van der Waals surface area contributed by atoms with Gasteiger partial charge in [-0.25, -0.2) is 9.59 Å². The van der Waals surface area contributed by atoms with E-state index in [1.165, 1.54) is 11.6 Å². The van der Waals surface area contributed by atoms with Crippen LogP contribution in [0.4, 0.5) is 5.82 Å². The van der Waals surface area contributed by atoms with Gasteiger partial charge in [-0.3, -0.25) is 23.7 Å². The summed E-state index contributed by atoms with van der Waals surface area (Å²) in [5.41, 5.74) is 5.35. The van der Waals surface area contributed by atoms with Gasteiger partial charge in [-0.05, 0) is 17.5 Å². The van der Waals surface area contributed by atoms with Crippen LogP contribution in [0.2, 0.25) is 0 Å². The second kappa shape index (κ2) is 10.9. The van der Waals surface area contributed by atoms with Crippen molar-refractivity contribution >= 4 is 45.5 Å². The Labute approximate surface area is 199 Å². The van der Waals surface area contributed by atoms with Crippen molar-refractivity contribution in [3.63, 3.8) is 0 Å². The highest BCUT2D eigenvalue weighted by Crippen LogP contribution is 2.26. The normalized spacial score (nSPS) is 13.3. The van der Waals surface area contributed by atoms with Gasteiger partial charge in [0.05, 0.1) is 12.1 Å². The number of rotatable bonds is 8. The largest absolute Gasteiger partial charge is 0.454 e. The molecule has 1 aromatic carbocycles. The van der Waals surface area contributed by atoms with Crippen LogP contribution in [0.15, 0.2) is 38.8 Å². The first-order chi connectivity index (χ1) is 15.7. The minimum absolute atomic E-state index is 0.0613. The van der Waals surface area contributed by atoms with E-state index in [4.69, 9.17) is 10.5 Å². The number of esters is 1. The van der Waals surface area contributed by atoms with E-state index in [2.05, 4.69) is 4.99 Å². The Morgan fingerprint density at radius 2 is 2.00 bits per heavy atom. The van der Waals surface area contributed by atoms with Crippen LogP contribution in [0.25, 0.3) is 0 Å². The molecule has 1 aliphatic rings. The summed E-state index contributed by atoms with van der Waals surface area (Å²) in [6.45, 7) is 4.14. The Hall–Kier alpha value is -2.79. The van der Waals surface area contributed by atoms with Crippen molar-refractivity contribution < 1.29 is 14.3 Å². The fourth-order valence-corrected chi connectivity index (χ4v) is 5.27. The van der Waals surface area contributed by atoms with Crippen molar-refractivity contribution in [1.29, 1.82) is 0 Å². The number of nitrogens with two attached hydrogens (primary N) is 1. The predicted octanol–water partition coefficient (Wildman–Crippen LogP) is 2.16. The van der Waals surface area contributed by atoms with Crippen LogP contribution >= 0.6 is 23.5 Å². The highest BCUT2D eigenvalue weighted by Gasteiger charge is 2.24. The molecule has 0 fully saturated rings. The molecule has 0 bridgehead atoms. The van der Waals surface area contributed by atoms with Gasteiger partial charge in [-0.1, -0.05) is 55.6 Å². The second-order valence-electron chi connectivity index (χ2n) is 7.85. The monoisotopic (exact) mass is 490 g/mol. The number of hydrogen-bond acceptors (Lipinski definition) is 9. The number of ether oxygens (including phenoxy) is 1. The zero-order valence-electron chi connectivity index (χ0n) is 18.7. The molecule has 0 radical (unpaired) electrons. The molecule has 1 aliphatic heterocycles. The lowest BCUT2D eigenvalue weighted by atomic mass is 10.1. The average molecular weight is 491 g/mol. The fraction of sp³-hybridized carbons (Fsp3) is 0.409. The van der Waals surface area contributed by atoms with Crippen LogP contribution in [0, 0.1) is 5.92 Å². The van der Waals surface area contributed by atoms with E-state index in [1.807, 2.05) is 26.0 Å². The third-order valence-corrected chi connectivity index (χ3v) is 7.19. The first-order valence-electron chi connectivity index (χ1n) is 10.4. The fourth-order valence-electron chi connectivity index (χ4n) is 3.26. The molecule has 2 aromatic rings. The summed E-state index contributed by atoms with van der Waals surface area (Å²) >= 11 is 3.23. The molecule has 11 heteroatoms. The van der Waals surface area contributed by atoms with Crippen molar-refractivity contribution in [2.45, 2.75) is 26.1 Å². The summed E-state index contributed by atoms with van der Waals surface area (Å²) in [4.78, 5) is 54.9. The number of nitrogen functional groups attached to an aromatic ring is 1. The quantitative estimate of drug-likeness (QED) is 0.441. The first-order valence-corrected chi connectivity index (χ1v) is 12.3. The van der Waals surface area contributed by atoms with E-state index in [9.17, 15) is 19.2 Å². The lowest BCUT2D eigenvalue weighted by Gasteiger charge is -2.16. The Morgan fingerprint density at radius 3 is 2.67 bits per heavy atom. The predicted molar refractivity (Wildman–Crippen MR) is 132 cm³/mol. The molecule has 176 valence electrons. The number of Topliss-reactive ketones (excluding diaryl/α,β-unsaturated/α-hetero) is 1. The Balaban J connectivity index is 1.76. The molecule has 0 unspecified atom stereocenters. The first kappa shape index (κ1) is 24.8. The van der Waals surface area contributed by atoms with Crippen molar-refractivity contribution in [2.75, 3.05) is 24.6 Å². The molecule has 33 heavy (non-hydrogen) atoms. The summed E-state index contributed by atoms with van der Waals surface area (Å²) < 4.78 is 8.25. The zero-order valence-corrected chi connectivity index (χ0v) is 20.3. The van der Waals surface area contributed by atoms with E-state index in [-0.39, 0.29) is 23.8 Å². The highest BCUT2D eigenvalue weighted by molar-refractivity contribution is 8.38. The summed E-state index contributed by atoms with van der Waals surface area (Å²) in [6, 6.07) is 6.98. The number of ketones is 1. The molecule has 0 spiro atoms. The molecule has 9 nitrogen and oxygen atoms in total. The molecular weight excluding hydrogens is 464 g/mol. The van der Waals surface area contributed by atoms with Crippen molar-refractivity contribution in [3.8, 4) is 0 Å². The number of aromatic nitrogens is 2. The maximum absolute atomic E-state index is 12.8. The van der Waals surface area contributed by atoms with Gasteiger partial charge in [-0.2, -0.15) is 0 Å². The third-order valence-electron chi connectivity index (χ3n) is 4.89. The van der Waals surface area contributed by atoms with E-state index in [0.29, 0.717) is 11.3 Å². The van der Waals surface area contributed by atoms with E-state index < -0.39 is 29.6 Å². The topological polar surface area (TPSA) is 126 Å². The molecule has 3 rings (SSSR count). The molecule has 2 N–H and O–H groups in total. The van der Waals surface area contributed by atoms with Crippen LogP contribution in [-0.4, -0.2) is 44.2 Å². The molecule has 0 amide bonds. The van der Waals surface area contributed by atoms with Gasteiger partial charge in [0, 0.05) is 25.1 Å². The van der Waals surface area contributed by atoms with Gasteiger partial charge >= 0.3 is 11.7 Å². The van der Waals surface area contributed by atoms with Crippen LogP contribution in [0.1, 0.15) is 40.1 Å². The third kappa shape index (κ3) is 5.77. The summed E-state index contributed by atoms with van der Waals surface area (Å²) in [6.07, 6.45) is 0. The van der Waals surface area contributed by atoms with E-state index in [1.54, 1.807) is 35.7 Å². The molecule has 0 saturated carbocycles. The maximum Gasteiger partial charge on any atom is 0.338 e. The molecule has 0 saturated heterocycles. The van der Waals surface area contributed by atoms with Crippen LogP contribution in [0.5, 0.6) is 0 Å². The van der Waals surface area contributed by atoms with E-state index >= 15 is 0 Å². The maximum atomic E-state index is 12.8. The molecule has 0 atom stereocenters. The van der Waals surface area contributed by atoms with Gasteiger partial charge in [-0.15, -0.1) is 0 Å². The SMILES string of the molecule is CC(C)Cn1c(N)c(C(=O)COC(=O)c2ccccc2CSC2=NCCS2)c(=O)n(C)c1=O. The summed E-state index contributed by atoms with van der Waals surface area (Å²) in [5.74, 6) is -0.0929. The Morgan fingerprint density at radius 1 is 1.27 bits per heavy atom. The van der Waals surface area contributed by atoms with Crippen LogP contribution in [-0.2, 0) is 24.1 Å². The summed E-state index contributed by atoms with van der Waals surface area (Å²) in [7, 11) is 1.28. The van der Waals surface area contributed by atoms with Gasteiger partial charge in [0.1, 0.15) is 15.8 Å². The van der Waals surface area contributed by atoms with Gasteiger partial charge < -0.3 is 10.5 Å². The Bertz CT molecular complexity index is 1220. The van der Waals surface area contributed by atoms with Gasteiger partial charge in [0.15, 0.2) is 6.61 Å². The highest BCUT2D eigenvalue weighted by atomic mass is 32.2. The number of thioether (sulfide) groups is 2. The number of carbonyl (C=O) groups excluding carboxylic acids is 2. The second-order valence-corrected chi connectivity index (χ2v) is 10.2. The van der Waals surface area contributed by atoms with E-state index in [0.717, 1.165) is 26.8 Å². The molecule has 0 aliphatic carbocycles. The Kier molecular flexibility index (Phi) is 8.20. The lowest BCUT2D eigenvalue weighted by molar-refractivity contribution is 0.0473. The molecule has 1 aromatic heterocycles.